The van der Waals surface area contributed by atoms with Gasteiger partial charge in [0.15, 0.2) is 0 Å². The quantitative estimate of drug-likeness (QED) is 0.518. The second-order valence-electron chi connectivity index (χ2n) is 5.72. The summed E-state index contributed by atoms with van der Waals surface area (Å²) in [4.78, 5) is 25.9. The van der Waals surface area contributed by atoms with E-state index >= 15 is 0 Å². The highest BCUT2D eigenvalue weighted by atomic mass is 19.4. The number of aromatic amines is 2. The van der Waals surface area contributed by atoms with Gasteiger partial charge in [-0.2, -0.15) is 13.2 Å². The lowest BCUT2D eigenvalue weighted by atomic mass is 10.1. The minimum absolute atomic E-state index is 0.00265. The number of benzene rings is 1. The van der Waals surface area contributed by atoms with E-state index in [1.54, 1.807) is 12.4 Å². The van der Waals surface area contributed by atoms with E-state index in [-0.39, 0.29) is 23.3 Å². The molecule has 0 bridgehead atoms. The van der Waals surface area contributed by atoms with Crippen LogP contribution in [-0.4, -0.2) is 29.4 Å². The number of alkyl halides is 3. The number of nitrogens with one attached hydrogen (secondary N) is 2. The van der Waals surface area contributed by atoms with Gasteiger partial charge in [0, 0.05) is 18.8 Å². The number of hydrogen-bond acceptors (Lipinski definition) is 4. The van der Waals surface area contributed by atoms with E-state index in [9.17, 15) is 23.1 Å². The summed E-state index contributed by atoms with van der Waals surface area (Å²) in [6, 6.07) is 3.09. The van der Waals surface area contributed by atoms with E-state index in [2.05, 4.69) is 19.9 Å². The van der Waals surface area contributed by atoms with Crippen molar-refractivity contribution in [3.05, 3.63) is 63.7 Å². The van der Waals surface area contributed by atoms with Crippen molar-refractivity contribution in [2.75, 3.05) is 0 Å². The molecule has 0 saturated carbocycles. The van der Waals surface area contributed by atoms with E-state index in [1.165, 1.54) is 10.5 Å². The van der Waals surface area contributed by atoms with Crippen molar-refractivity contribution in [2.45, 2.75) is 19.2 Å². The lowest BCUT2D eigenvalue weighted by molar-refractivity contribution is -0.137. The second-order valence-corrected chi connectivity index (χ2v) is 5.72. The molecular formula is C16H12F3N5O2. The first kappa shape index (κ1) is 16.3. The van der Waals surface area contributed by atoms with Crippen molar-refractivity contribution in [3.8, 4) is 0 Å². The van der Waals surface area contributed by atoms with Crippen LogP contribution in [0.1, 0.15) is 22.8 Å². The predicted molar refractivity (Wildman–Crippen MR) is 85.6 cm³/mol. The molecule has 4 rings (SSSR count). The summed E-state index contributed by atoms with van der Waals surface area (Å²) in [7, 11) is 0. The Morgan fingerprint density at radius 3 is 2.73 bits per heavy atom. The maximum atomic E-state index is 13.0. The smallest absolute Gasteiger partial charge is 0.390 e. The molecule has 10 heteroatoms. The summed E-state index contributed by atoms with van der Waals surface area (Å²) in [6.07, 6.45) is -1.12. The van der Waals surface area contributed by atoms with Crippen LogP contribution in [0.15, 0.2) is 35.4 Å². The zero-order valence-electron chi connectivity index (χ0n) is 13.1. The SMILES string of the molecule is O=c1[nH]c2cc(C(F)(F)F)ccc2n2c(Cc3ncc[nH]3)c(CO)nc12. The van der Waals surface area contributed by atoms with Gasteiger partial charge in [0.2, 0.25) is 5.65 Å². The van der Waals surface area contributed by atoms with E-state index in [1.807, 2.05) is 0 Å². The second kappa shape index (κ2) is 5.70. The fourth-order valence-electron chi connectivity index (χ4n) is 2.96. The van der Waals surface area contributed by atoms with E-state index < -0.39 is 23.9 Å². The van der Waals surface area contributed by atoms with Gasteiger partial charge in [-0.15, -0.1) is 0 Å². The molecule has 3 aromatic heterocycles. The summed E-state index contributed by atoms with van der Waals surface area (Å²) < 4.78 is 40.4. The van der Waals surface area contributed by atoms with Crippen molar-refractivity contribution in [1.29, 1.82) is 0 Å². The Morgan fingerprint density at radius 1 is 1.27 bits per heavy atom. The van der Waals surface area contributed by atoms with Crippen molar-refractivity contribution < 1.29 is 18.3 Å². The highest BCUT2D eigenvalue weighted by Gasteiger charge is 2.31. The van der Waals surface area contributed by atoms with Crippen molar-refractivity contribution in [2.24, 2.45) is 0 Å². The summed E-state index contributed by atoms with van der Waals surface area (Å²) in [6.45, 7) is -0.417. The first-order chi connectivity index (χ1) is 12.4. The predicted octanol–water partition coefficient (Wildman–Crippen LogP) is 2.00. The van der Waals surface area contributed by atoms with Gasteiger partial charge in [-0.25, -0.2) is 9.97 Å². The van der Waals surface area contributed by atoms with Crippen LogP contribution in [0, 0.1) is 0 Å². The Hall–Kier alpha value is -3.14. The summed E-state index contributed by atoms with van der Waals surface area (Å²) in [5.74, 6) is 0.571. The van der Waals surface area contributed by atoms with Gasteiger partial charge in [-0.05, 0) is 18.2 Å². The number of aliphatic hydroxyl groups is 1. The number of aromatic nitrogens is 5. The van der Waals surface area contributed by atoms with Crippen LogP contribution in [-0.2, 0) is 19.2 Å². The molecule has 0 saturated heterocycles. The van der Waals surface area contributed by atoms with Crippen LogP contribution in [0.5, 0.6) is 0 Å². The van der Waals surface area contributed by atoms with Crippen LogP contribution in [0.2, 0.25) is 0 Å². The largest absolute Gasteiger partial charge is 0.416 e. The minimum atomic E-state index is -4.53. The zero-order chi connectivity index (χ0) is 18.5. The number of hydrogen-bond donors (Lipinski definition) is 3. The van der Waals surface area contributed by atoms with E-state index in [0.717, 1.165) is 12.1 Å². The third-order valence-electron chi connectivity index (χ3n) is 4.11. The molecule has 4 aromatic rings. The molecule has 3 N–H and O–H groups in total. The molecule has 0 fully saturated rings. The lowest BCUT2D eigenvalue weighted by Gasteiger charge is -2.10. The molecule has 0 amide bonds. The first-order valence-corrected chi connectivity index (χ1v) is 7.61. The molecule has 0 atom stereocenters. The van der Waals surface area contributed by atoms with Gasteiger partial charge in [0.1, 0.15) is 5.82 Å². The summed E-state index contributed by atoms with van der Waals surface area (Å²) in [5, 5.41) is 9.59. The number of halogens is 3. The number of H-pyrrole nitrogens is 2. The Labute approximate surface area is 143 Å². The highest BCUT2D eigenvalue weighted by Crippen LogP contribution is 2.31. The summed E-state index contributed by atoms with van der Waals surface area (Å²) >= 11 is 0. The first-order valence-electron chi connectivity index (χ1n) is 7.61. The number of aliphatic hydroxyl groups excluding tert-OH is 1. The number of rotatable bonds is 3. The molecule has 3 heterocycles. The maximum absolute atomic E-state index is 13.0. The zero-order valence-corrected chi connectivity index (χ0v) is 13.1. The maximum Gasteiger partial charge on any atom is 0.416 e. The van der Waals surface area contributed by atoms with Gasteiger partial charge in [-0.3, -0.25) is 9.20 Å². The molecule has 26 heavy (non-hydrogen) atoms. The third-order valence-corrected chi connectivity index (χ3v) is 4.11. The van der Waals surface area contributed by atoms with Crippen LogP contribution in [0.3, 0.4) is 0 Å². The molecule has 0 spiro atoms. The molecule has 1 aromatic carbocycles. The molecule has 0 aliphatic rings. The fourth-order valence-corrected chi connectivity index (χ4v) is 2.96. The monoisotopic (exact) mass is 363 g/mol. The molecule has 0 aliphatic carbocycles. The van der Waals surface area contributed by atoms with Crippen molar-refractivity contribution in [1.82, 2.24) is 24.3 Å². The highest BCUT2D eigenvalue weighted by molar-refractivity contribution is 5.79. The minimum Gasteiger partial charge on any atom is -0.390 e. The van der Waals surface area contributed by atoms with Gasteiger partial charge < -0.3 is 15.1 Å². The van der Waals surface area contributed by atoms with Crippen LogP contribution < -0.4 is 5.56 Å². The molecule has 0 unspecified atom stereocenters. The Balaban J connectivity index is 2.04. The van der Waals surface area contributed by atoms with Crippen molar-refractivity contribution >= 4 is 16.7 Å². The average molecular weight is 363 g/mol. The van der Waals surface area contributed by atoms with E-state index in [0.29, 0.717) is 17.0 Å². The number of nitrogens with zero attached hydrogens (tertiary/aromatic N) is 3. The third kappa shape index (κ3) is 2.54. The van der Waals surface area contributed by atoms with Gasteiger partial charge in [0.05, 0.1) is 34.6 Å². The molecular weight excluding hydrogens is 351 g/mol. The average Bonchev–Trinajstić information content (AvgIpc) is 3.22. The van der Waals surface area contributed by atoms with Gasteiger partial charge >= 0.3 is 6.18 Å². The van der Waals surface area contributed by atoms with Crippen LogP contribution in [0.25, 0.3) is 16.7 Å². The Bertz CT molecular complexity index is 1160. The number of imidazole rings is 2. The lowest BCUT2D eigenvalue weighted by Crippen LogP contribution is -2.13. The normalized spacial score (nSPS) is 12.3. The van der Waals surface area contributed by atoms with Crippen LogP contribution in [0.4, 0.5) is 13.2 Å². The van der Waals surface area contributed by atoms with Crippen molar-refractivity contribution in [3.63, 3.8) is 0 Å². The number of fused-ring (bicyclic) bond motifs is 3. The fraction of sp³-hybridized carbons (Fsp3) is 0.188. The van der Waals surface area contributed by atoms with Gasteiger partial charge in [-0.1, -0.05) is 0 Å². The van der Waals surface area contributed by atoms with E-state index in [4.69, 9.17) is 0 Å². The molecule has 0 radical (unpaired) electrons. The molecule has 0 aliphatic heterocycles. The van der Waals surface area contributed by atoms with Gasteiger partial charge in [0.25, 0.3) is 5.56 Å². The topological polar surface area (TPSA) is 99.1 Å². The standard InChI is InChI=1S/C16H12F3N5O2/c17-16(18,19)8-1-2-11-9(5-8)23-15(26)14-22-10(7-25)12(24(11)14)6-13-20-3-4-21-13/h1-5,25H,6-7H2,(H,20,21)(H,23,26). The Kier molecular flexibility index (Phi) is 3.58. The Morgan fingerprint density at radius 2 is 2.08 bits per heavy atom. The molecule has 7 nitrogen and oxygen atoms in total. The molecule has 134 valence electrons. The summed E-state index contributed by atoms with van der Waals surface area (Å²) in [5.41, 5.74) is -0.385. The van der Waals surface area contributed by atoms with Crippen LogP contribution >= 0.6 is 0 Å².